The maximum absolute atomic E-state index is 13.8. The van der Waals surface area contributed by atoms with Gasteiger partial charge in [-0.3, -0.25) is 4.90 Å². The SMILES string of the molecule is OC1(c2cn[nH]n2)CCCN(Cc2cc(Cl)ccc2F)C1. The smallest absolute Gasteiger partial charge is 0.127 e. The van der Waals surface area contributed by atoms with E-state index >= 15 is 0 Å². The quantitative estimate of drug-likeness (QED) is 0.911. The number of aliphatic hydroxyl groups is 1. The topological polar surface area (TPSA) is 65.0 Å². The average molecular weight is 311 g/mol. The molecule has 1 aliphatic heterocycles. The zero-order chi connectivity index (χ0) is 14.9. The Bertz CT molecular complexity index is 621. The number of rotatable bonds is 3. The summed E-state index contributed by atoms with van der Waals surface area (Å²) in [5.74, 6) is -0.282. The summed E-state index contributed by atoms with van der Waals surface area (Å²) >= 11 is 5.91. The summed E-state index contributed by atoms with van der Waals surface area (Å²) in [6, 6.07) is 4.52. The Morgan fingerprint density at radius 2 is 2.33 bits per heavy atom. The van der Waals surface area contributed by atoms with E-state index in [0.29, 0.717) is 35.8 Å². The van der Waals surface area contributed by atoms with Crippen molar-refractivity contribution in [3.8, 4) is 0 Å². The lowest BCUT2D eigenvalue weighted by Gasteiger charge is -2.38. The molecular formula is C14H16ClFN4O. The van der Waals surface area contributed by atoms with Crippen molar-refractivity contribution in [2.24, 2.45) is 0 Å². The number of hydrogen-bond acceptors (Lipinski definition) is 4. The monoisotopic (exact) mass is 310 g/mol. The number of aromatic nitrogens is 3. The van der Waals surface area contributed by atoms with Gasteiger partial charge in [-0.15, -0.1) is 0 Å². The van der Waals surface area contributed by atoms with Crippen molar-refractivity contribution in [2.75, 3.05) is 13.1 Å². The number of likely N-dealkylation sites (tertiary alicyclic amines) is 1. The fourth-order valence-corrected chi connectivity index (χ4v) is 2.99. The molecule has 0 spiro atoms. The summed E-state index contributed by atoms with van der Waals surface area (Å²) in [6.07, 6.45) is 2.96. The number of benzene rings is 1. The van der Waals surface area contributed by atoms with Crippen LogP contribution < -0.4 is 0 Å². The second-order valence-corrected chi connectivity index (χ2v) is 5.87. The number of piperidine rings is 1. The van der Waals surface area contributed by atoms with Crippen LogP contribution in [0.3, 0.4) is 0 Å². The Labute approximate surface area is 126 Å². The maximum Gasteiger partial charge on any atom is 0.127 e. The molecule has 2 heterocycles. The van der Waals surface area contributed by atoms with Crippen LogP contribution in [-0.2, 0) is 12.1 Å². The number of nitrogens with zero attached hydrogens (tertiary/aromatic N) is 3. The number of hydrogen-bond donors (Lipinski definition) is 2. The highest BCUT2D eigenvalue weighted by Crippen LogP contribution is 2.30. The largest absolute Gasteiger partial charge is 0.382 e. The van der Waals surface area contributed by atoms with E-state index in [1.807, 2.05) is 4.90 Å². The average Bonchev–Trinajstić information content (AvgIpc) is 2.98. The number of nitrogens with one attached hydrogen (secondary N) is 1. The molecule has 1 atom stereocenters. The number of β-amino-alcohol motifs (C(OH)–C–C–N with tert-alkyl or cyclic N) is 1. The first-order valence-corrected chi connectivity index (χ1v) is 7.19. The van der Waals surface area contributed by atoms with Gasteiger partial charge in [-0.25, -0.2) is 4.39 Å². The van der Waals surface area contributed by atoms with Gasteiger partial charge in [-0.2, -0.15) is 15.4 Å². The van der Waals surface area contributed by atoms with Crippen molar-refractivity contribution in [3.05, 3.63) is 46.5 Å². The fourth-order valence-electron chi connectivity index (χ4n) is 2.80. The van der Waals surface area contributed by atoms with Gasteiger partial charge >= 0.3 is 0 Å². The lowest BCUT2D eigenvalue weighted by atomic mass is 9.90. The van der Waals surface area contributed by atoms with Gasteiger partial charge in [0.05, 0.1) is 6.20 Å². The highest BCUT2D eigenvalue weighted by Gasteiger charge is 2.37. The summed E-state index contributed by atoms with van der Waals surface area (Å²) in [5.41, 5.74) is 0.0194. The summed E-state index contributed by atoms with van der Waals surface area (Å²) < 4.78 is 13.8. The van der Waals surface area contributed by atoms with Gasteiger partial charge in [0, 0.05) is 23.7 Å². The molecule has 1 aromatic carbocycles. The zero-order valence-electron chi connectivity index (χ0n) is 11.4. The second kappa shape index (κ2) is 5.71. The van der Waals surface area contributed by atoms with Gasteiger partial charge in [-0.1, -0.05) is 11.6 Å². The molecular weight excluding hydrogens is 295 g/mol. The molecule has 3 rings (SSSR count). The van der Waals surface area contributed by atoms with E-state index in [2.05, 4.69) is 15.4 Å². The van der Waals surface area contributed by atoms with Crippen molar-refractivity contribution < 1.29 is 9.50 Å². The van der Waals surface area contributed by atoms with Crippen molar-refractivity contribution in [2.45, 2.75) is 25.0 Å². The summed E-state index contributed by atoms with van der Waals surface area (Å²) in [5, 5.41) is 21.5. The second-order valence-electron chi connectivity index (χ2n) is 5.44. The third-order valence-electron chi connectivity index (χ3n) is 3.84. The van der Waals surface area contributed by atoms with Crippen molar-refractivity contribution in [3.63, 3.8) is 0 Å². The molecule has 0 bridgehead atoms. The molecule has 1 aliphatic rings. The molecule has 0 saturated carbocycles. The fraction of sp³-hybridized carbons (Fsp3) is 0.429. The number of aromatic amines is 1. The predicted octanol–water partition coefficient (Wildman–Crippen LogP) is 2.08. The molecule has 5 nitrogen and oxygen atoms in total. The normalized spacial score (nSPS) is 23.4. The third-order valence-corrected chi connectivity index (χ3v) is 4.08. The minimum absolute atomic E-state index is 0.282. The van der Waals surface area contributed by atoms with Crippen molar-refractivity contribution in [1.82, 2.24) is 20.3 Å². The Morgan fingerprint density at radius 3 is 3.10 bits per heavy atom. The van der Waals surface area contributed by atoms with Gasteiger partial charge < -0.3 is 5.11 Å². The molecule has 1 saturated heterocycles. The predicted molar refractivity (Wildman–Crippen MR) is 76.2 cm³/mol. The molecule has 7 heteroatoms. The molecule has 1 unspecified atom stereocenters. The Balaban J connectivity index is 1.76. The van der Waals surface area contributed by atoms with Gasteiger partial charge in [0.1, 0.15) is 17.1 Å². The lowest BCUT2D eigenvalue weighted by Crippen LogP contribution is -2.46. The van der Waals surface area contributed by atoms with Crippen LogP contribution in [0.1, 0.15) is 24.1 Å². The minimum atomic E-state index is -1.04. The van der Waals surface area contributed by atoms with Crippen molar-refractivity contribution >= 4 is 11.6 Å². The van der Waals surface area contributed by atoms with Gasteiger partial charge in [0.25, 0.3) is 0 Å². The van der Waals surface area contributed by atoms with E-state index in [-0.39, 0.29) is 5.82 Å². The molecule has 0 radical (unpaired) electrons. The molecule has 0 aliphatic carbocycles. The van der Waals surface area contributed by atoms with Gasteiger partial charge in [-0.05, 0) is 37.6 Å². The van der Waals surface area contributed by atoms with Crippen LogP contribution in [0, 0.1) is 5.82 Å². The molecule has 1 aromatic heterocycles. The molecule has 0 amide bonds. The standard InChI is InChI=1S/C14H16ClFN4O/c15-11-2-3-12(16)10(6-11)8-20-5-1-4-14(21,9-20)13-7-17-19-18-13/h2-3,6-7,21H,1,4-5,8-9H2,(H,17,18,19). The summed E-state index contributed by atoms with van der Waals surface area (Å²) in [4.78, 5) is 2.01. The van der Waals surface area contributed by atoms with E-state index in [1.165, 1.54) is 18.3 Å². The first kappa shape index (κ1) is 14.4. The van der Waals surface area contributed by atoms with Crippen LogP contribution in [0.4, 0.5) is 4.39 Å². The van der Waals surface area contributed by atoms with E-state index in [1.54, 1.807) is 6.07 Å². The van der Waals surface area contributed by atoms with E-state index < -0.39 is 5.60 Å². The molecule has 1 fully saturated rings. The number of H-pyrrole nitrogens is 1. The third kappa shape index (κ3) is 3.07. The Hall–Kier alpha value is -1.50. The highest BCUT2D eigenvalue weighted by molar-refractivity contribution is 6.30. The van der Waals surface area contributed by atoms with Crippen LogP contribution in [0.25, 0.3) is 0 Å². The summed E-state index contributed by atoms with van der Waals surface area (Å²) in [6.45, 7) is 1.60. The first-order chi connectivity index (χ1) is 10.1. The van der Waals surface area contributed by atoms with E-state index in [9.17, 15) is 9.50 Å². The van der Waals surface area contributed by atoms with Crippen LogP contribution in [0.5, 0.6) is 0 Å². The van der Waals surface area contributed by atoms with Crippen LogP contribution in [0.15, 0.2) is 24.4 Å². The van der Waals surface area contributed by atoms with Gasteiger partial charge in [0.15, 0.2) is 0 Å². The van der Waals surface area contributed by atoms with E-state index in [0.717, 1.165) is 13.0 Å². The molecule has 21 heavy (non-hydrogen) atoms. The zero-order valence-corrected chi connectivity index (χ0v) is 12.1. The van der Waals surface area contributed by atoms with Crippen molar-refractivity contribution in [1.29, 1.82) is 0 Å². The molecule has 2 N–H and O–H groups in total. The van der Waals surface area contributed by atoms with Crippen LogP contribution in [0.2, 0.25) is 5.02 Å². The molecule has 2 aromatic rings. The first-order valence-electron chi connectivity index (χ1n) is 6.82. The Morgan fingerprint density at radius 1 is 1.48 bits per heavy atom. The van der Waals surface area contributed by atoms with Crippen LogP contribution >= 0.6 is 11.6 Å². The molecule has 112 valence electrons. The lowest BCUT2D eigenvalue weighted by molar-refractivity contribution is -0.0416. The summed E-state index contributed by atoms with van der Waals surface area (Å²) in [7, 11) is 0. The minimum Gasteiger partial charge on any atom is -0.382 e. The van der Waals surface area contributed by atoms with Crippen LogP contribution in [-0.4, -0.2) is 38.5 Å². The van der Waals surface area contributed by atoms with E-state index in [4.69, 9.17) is 11.6 Å². The number of halogens is 2. The van der Waals surface area contributed by atoms with Gasteiger partial charge in [0.2, 0.25) is 0 Å². The maximum atomic E-state index is 13.8. The highest BCUT2D eigenvalue weighted by atomic mass is 35.5. The Kier molecular flexibility index (Phi) is 3.93.